The van der Waals surface area contributed by atoms with E-state index < -0.39 is 6.09 Å². The first-order chi connectivity index (χ1) is 8.79. The van der Waals surface area contributed by atoms with Crippen LogP contribution in [0.4, 0.5) is 4.79 Å². The van der Waals surface area contributed by atoms with E-state index in [1.807, 2.05) is 24.3 Å². The molecule has 1 aromatic carbocycles. The van der Waals surface area contributed by atoms with Gasteiger partial charge in [-0.05, 0) is 23.8 Å². The monoisotopic (exact) mass is 248 g/mol. The van der Waals surface area contributed by atoms with Crippen LogP contribution in [0.25, 0.3) is 6.08 Å². The molecule has 1 heterocycles. The van der Waals surface area contributed by atoms with E-state index in [2.05, 4.69) is 15.3 Å². The number of allylic oxidation sites excluding steroid dienone is 1. The third-order valence-corrected chi connectivity index (χ3v) is 2.19. The SMILES string of the molecule is COC(=O)NN=C/C=C/c1ccc2c(c1)OCO2. The third-order valence-electron chi connectivity index (χ3n) is 2.19. The van der Waals surface area contributed by atoms with Crippen LogP contribution in [0.1, 0.15) is 5.56 Å². The summed E-state index contributed by atoms with van der Waals surface area (Å²) in [5, 5.41) is 3.64. The van der Waals surface area contributed by atoms with Crippen LogP contribution in [0.2, 0.25) is 0 Å². The number of ether oxygens (including phenoxy) is 3. The van der Waals surface area contributed by atoms with Crippen molar-refractivity contribution < 1.29 is 19.0 Å². The smallest absolute Gasteiger partial charge is 0.427 e. The summed E-state index contributed by atoms with van der Waals surface area (Å²) in [5.74, 6) is 1.47. The molecule has 0 saturated carbocycles. The normalized spacial score (nSPS) is 13.2. The highest BCUT2D eigenvalue weighted by molar-refractivity contribution is 5.79. The van der Waals surface area contributed by atoms with Gasteiger partial charge in [0, 0.05) is 6.21 Å². The van der Waals surface area contributed by atoms with Crippen LogP contribution in [-0.4, -0.2) is 26.2 Å². The second kappa shape index (κ2) is 5.72. The van der Waals surface area contributed by atoms with E-state index in [0.29, 0.717) is 0 Å². The van der Waals surface area contributed by atoms with Gasteiger partial charge >= 0.3 is 6.09 Å². The molecule has 0 unspecified atom stereocenters. The fraction of sp³-hybridized carbons (Fsp3) is 0.167. The predicted molar refractivity (Wildman–Crippen MR) is 65.6 cm³/mol. The van der Waals surface area contributed by atoms with Gasteiger partial charge < -0.3 is 14.2 Å². The van der Waals surface area contributed by atoms with Crippen LogP contribution < -0.4 is 14.9 Å². The number of benzene rings is 1. The van der Waals surface area contributed by atoms with Crippen LogP contribution in [0.5, 0.6) is 11.5 Å². The van der Waals surface area contributed by atoms with Gasteiger partial charge in [0.05, 0.1) is 7.11 Å². The lowest BCUT2D eigenvalue weighted by Crippen LogP contribution is -2.16. The number of carbonyl (C=O) groups is 1. The Morgan fingerprint density at radius 1 is 1.44 bits per heavy atom. The zero-order valence-electron chi connectivity index (χ0n) is 9.75. The van der Waals surface area contributed by atoms with Crippen molar-refractivity contribution in [2.24, 2.45) is 5.10 Å². The quantitative estimate of drug-likeness (QED) is 0.653. The van der Waals surface area contributed by atoms with Crippen LogP contribution in [-0.2, 0) is 4.74 Å². The van der Waals surface area contributed by atoms with E-state index in [0.717, 1.165) is 17.1 Å². The number of hydrogen-bond acceptors (Lipinski definition) is 5. The first-order valence-corrected chi connectivity index (χ1v) is 5.23. The van der Waals surface area contributed by atoms with Crippen LogP contribution in [0, 0.1) is 0 Å². The van der Waals surface area contributed by atoms with Gasteiger partial charge in [-0.25, -0.2) is 10.2 Å². The van der Waals surface area contributed by atoms with Gasteiger partial charge in [-0.1, -0.05) is 12.1 Å². The second-order valence-corrected chi connectivity index (χ2v) is 3.35. The predicted octanol–water partition coefficient (Wildman–Crippen LogP) is 1.77. The van der Waals surface area contributed by atoms with Crippen molar-refractivity contribution in [3.63, 3.8) is 0 Å². The Balaban J connectivity index is 1.91. The number of nitrogens with zero attached hydrogens (tertiary/aromatic N) is 1. The molecule has 0 aliphatic carbocycles. The summed E-state index contributed by atoms with van der Waals surface area (Å²) in [6.07, 6.45) is 4.35. The van der Waals surface area contributed by atoms with Gasteiger partial charge in [-0.15, -0.1) is 0 Å². The van der Waals surface area contributed by atoms with Crippen molar-refractivity contribution in [2.75, 3.05) is 13.9 Å². The molecule has 1 N–H and O–H groups in total. The molecule has 94 valence electrons. The zero-order valence-corrected chi connectivity index (χ0v) is 9.75. The van der Waals surface area contributed by atoms with Crippen molar-refractivity contribution >= 4 is 18.4 Å². The number of methoxy groups -OCH3 is 1. The number of amides is 1. The Morgan fingerprint density at radius 3 is 3.11 bits per heavy atom. The van der Waals surface area contributed by atoms with Crippen molar-refractivity contribution in [1.82, 2.24) is 5.43 Å². The lowest BCUT2D eigenvalue weighted by molar-refractivity contribution is 0.171. The molecule has 0 aromatic heterocycles. The first-order valence-electron chi connectivity index (χ1n) is 5.23. The van der Waals surface area contributed by atoms with Gasteiger partial charge in [-0.2, -0.15) is 5.10 Å². The molecule has 1 aliphatic rings. The molecule has 6 heteroatoms. The first kappa shape index (κ1) is 12.0. The number of fused-ring (bicyclic) bond motifs is 1. The maximum Gasteiger partial charge on any atom is 0.427 e. The molecule has 0 fully saturated rings. The average Bonchev–Trinajstić information content (AvgIpc) is 2.85. The lowest BCUT2D eigenvalue weighted by atomic mass is 10.2. The van der Waals surface area contributed by atoms with Crippen molar-refractivity contribution in [3.8, 4) is 11.5 Å². The van der Waals surface area contributed by atoms with Gasteiger partial charge in [0.25, 0.3) is 0 Å². The lowest BCUT2D eigenvalue weighted by Gasteiger charge is -1.96. The minimum atomic E-state index is -0.609. The number of rotatable bonds is 3. The van der Waals surface area contributed by atoms with E-state index in [1.165, 1.54) is 13.3 Å². The molecule has 1 aromatic rings. The number of hydrazone groups is 1. The summed E-state index contributed by atoms with van der Waals surface area (Å²) in [7, 11) is 1.27. The van der Waals surface area contributed by atoms with Gasteiger partial charge in [-0.3, -0.25) is 0 Å². The minimum absolute atomic E-state index is 0.257. The summed E-state index contributed by atoms with van der Waals surface area (Å²) in [6.45, 7) is 0.257. The molecule has 0 atom stereocenters. The Bertz CT molecular complexity index is 497. The van der Waals surface area contributed by atoms with Crippen LogP contribution in [0.3, 0.4) is 0 Å². The van der Waals surface area contributed by atoms with E-state index >= 15 is 0 Å². The van der Waals surface area contributed by atoms with Gasteiger partial charge in [0.1, 0.15) is 0 Å². The Labute approximate surface area is 104 Å². The summed E-state index contributed by atoms with van der Waals surface area (Å²) in [6, 6.07) is 5.60. The molecule has 6 nitrogen and oxygen atoms in total. The molecule has 0 saturated heterocycles. The molecule has 18 heavy (non-hydrogen) atoms. The molecule has 1 amide bonds. The highest BCUT2D eigenvalue weighted by Crippen LogP contribution is 2.32. The Morgan fingerprint density at radius 2 is 2.28 bits per heavy atom. The maximum atomic E-state index is 10.7. The summed E-state index contributed by atoms with van der Waals surface area (Å²) in [5.41, 5.74) is 3.12. The third kappa shape index (κ3) is 3.00. The molecule has 2 rings (SSSR count). The van der Waals surface area contributed by atoms with E-state index in [-0.39, 0.29) is 6.79 Å². The highest BCUT2D eigenvalue weighted by atomic mass is 16.7. The van der Waals surface area contributed by atoms with E-state index in [4.69, 9.17) is 9.47 Å². The molecule has 0 bridgehead atoms. The highest BCUT2D eigenvalue weighted by Gasteiger charge is 2.11. The fourth-order valence-electron chi connectivity index (χ4n) is 1.35. The topological polar surface area (TPSA) is 69.2 Å². The largest absolute Gasteiger partial charge is 0.454 e. The summed E-state index contributed by atoms with van der Waals surface area (Å²) < 4.78 is 14.8. The van der Waals surface area contributed by atoms with Crippen molar-refractivity contribution in [1.29, 1.82) is 0 Å². The standard InChI is InChI=1S/C12H12N2O4/c1-16-12(15)14-13-6-2-3-9-4-5-10-11(7-9)18-8-17-10/h2-7H,8H2,1H3,(H,14,15)/b3-2+,13-6?. The molecular formula is C12H12N2O4. The van der Waals surface area contributed by atoms with Gasteiger partial charge in [0.2, 0.25) is 6.79 Å². The van der Waals surface area contributed by atoms with E-state index in [1.54, 1.807) is 6.08 Å². The summed E-state index contributed by atoms with van der Waals surface area (Å²) >= 11 is 0. The van der Waals surface area contributed by atoms with Gasteiger partial charge in [0.15, 0.2) is 11.5 Å². The number of carbonyl (C=O) groups excluding carboxylic acids is 1. The Hall–Kier alpha value is -2.50. The summed E-state index contributed by atoms with van der Waals surface area (Å²) in [4.78, 5) is 10.7. The fourth-order valence-corrected chi connectivity index (χ4v) is 1.35. The van der Waals surface area contributed by atoms with Crippen molar-refractivity contribution in [2.45, 2.75) is 0 Å². The van der Waals surface area contributed by atoms with Crippen molar-refractivity contribution in [3.05, 3.63) is 29.8 Å². The molecular weight excluding hydrogens is 236 g/mol. The second-order valence-electron chi connectivity index (χ2n) is 3.35. The van der Waals surface area contributed by atoms with Crippen LogP contribution in [0.15, 0.2) is 29.4 Å². The molecule has 1 aliphatic heterocycles. The van der Waals surface area contributed by atoms with Crippen LogP contribution >= 0.6 is 0 Å². The maximum absolute atomic E-state index is 10.7. The zero-order chi connectivity index (χ0) is 12.8. The minimum Gasteiger partial charge on any atom is -0.454 e. The van der Waals surface area contributed by atoms with E-state index in [9.17, 15) is 4.79 Å². The average molecular weight is 248 g/mol. The number of hydrogen-bond donors (Lipinski definition) is 1. The molecule has 0 radical (unpaired) electrons. The number of nitrogens with one attached hydrogen (secondary N) is 1. The molecule has 0 spiro atoms. The Kier molecular flexibility index (Phi) is 3.80.